The van der Waals surface area contributed by atoms with Gasteiger partial charge in [-0.25, -0.2) is 0 Å². The van der Waals surface area contributed by atoms with E-state index in [4.69, 9.17) is 7.10 Å². The molecule has 2 N–H and O–H groups in total. The summed E-state index contributed by atoms with van der Waals surface area (Å²) in [4.78, 5) is 13.0. The first kappa shape index (κ1) is 20.6. The quantitative estimate of drug-likeness (QED) is 0.457. The fourth-order valence-electron chi connectivity index (χ4n) is 1.29. The second-order valence-corrected chi connectivity index (χ2v) is 52.4. The number of amides is 1. The van der Waals surface area contributed by atoms with E-state index in [0.717, 1.165) is 5.56 Å². The Morgan fingerprint density at radius 3 is 2.16 bits per heavy atom. The topological polar surface area (TPSA) is 46.3 Å². The van der Waals surface area contributed by atoms with Crippen LogP contribution in [0.2, 0.25) is 0 Å². The number of rotatable bonds is 3. The molecule has 0 saturated heterocycles. The molecule has 0 aliphatic heterocycles. The maximum atomic E-state index is 11.4. The molecule has 0 aliphatic rings. The molecule has 0 radical (unpaired) electrons. The molecule has 0 fully saturated rings. The Bertz CT molecular complexity index is 350. The molecular weight excluding hydrogens is 696 g/mol. The van der Waals surface area contributed by atoms with E-state index in [0.29, 0.717) is 6.42 Å². The molecule has 0 heterocycles. The van der Waals surface area contributed by atoms with Gasteiger partial charge in [0.25, 0.3) is 0 Å². The Hall–Kier alpha value is 1.57. The molecule has 1 atom stereocenters. The number of nitrogens with zero attached hydrogens (tertiary/aromatic N) is 1. The van der Waals surface area contributed by atoms with Crippen LogP contribution in [-0.2, 0) is 11.2 Å². The Morgan fingerprint density at radius 2 is 1.79 bits per heavy atom. The van der Waals surface area contributed by atoms with E-state index in [1.807, 2.05) is 30.3 Å². The van der Waals surface area contributed by atoms with Crippen molar-refractivity contribution in [1.29, 1.82) is 0 Å². The Balaban J connectivity index is 0. The minimum absolute atomic E-state index is 0.0335. The fourth-order valence-corrected chi connectivity index (χ4v) is 1.29. The standard InChI is InChI=1S/C11H16N2O.CH4.I4/c1-13(2)11(14)10(12)8-9-6-4-3-5-7-9;;1-4(2)3/h3-7,10H,8,12H2,1-2H3;1H4;/i;1D;. The second kappa shape index (κ2) is 13.2. The van der Waals surface area contributed by atoms with E-state index in [-0.39, 0.29) is 13.8 Å². The monoisotopic (exact) mass is 717 g/mol. The van der Waals surface area contributed by atoms with Gasteiger partial charge < -0.3 is 10.6 Å². The number of likely N-dealkylation sites (N-methyl/N-ethyl adjacent to an activating group) is 1. The van der Waals surface area contributed by atoms with Crippen LogP contribution >= 0.6 is 63.7 Å². The van der Waals surface area contributed by atoms with E-state index < -0.39 is 6.04 Å². The summed E-state index contributed by atoms with van der Waals surface area (Å²) in [5, 5.41) is 0. The summed E-state index contributed by atoms with van der Waals surface area (Å²) in [5.41, 5.74) is 6.85. The van der Waals surface area contributed by atoms with Crippen LogP contribution in [-0.4, -0.2) is 30.9 Å². The van der Waals surface area contributed by atoms with Crippen molar-refractivity contribution in [2.75, 3.05) is 14.1 Å². The van der Waals surface area contributed by atoms with Crippen LogP contribution in [0.3, 0.4) is 0 Å². The molecular formula is C12H20I4N2O. The van der Waals surface area contributed by atoms with Crippen LogP contribution in [0.4, 0.5) is 0 Å². The summed E-state index contributed by atoms with van der Waals surface area (Å²) in [6, 6.07) is 9.35. The number of carbonyl (C=O) groups excluding carboxylic acids is 1. The molecule has 0 aliphatic carbocycles. The predicted octanol–water partition coefficient (Wildman–Crippen LogP) is 4.82. The van der Waals surface area contributed by atoms with Gasteiger partial charge in [-0.3, -0.25) is 4.79 Å². The summed E-state index contributed by atoms with van der Waals surface area (Å²) in [7, 11) is 4.33. The molecule has 1 aromatic rings. The Morgan fingerprint density at radius 1 is 1.37 bits per heavy atom. The summed E-state index contributed by atoms with van der Waals surface area (Å²) in [6.07, 6.45) is 0.595. The van der Waals surface area contributed by atoms with Gasteiger partial charge in [0.1, 0.15) is 0 Å². The third kappa shape index (κ3) is 13.0. The average molecular weight is 717 g/mol. The van der Waals surface area contributed by atoms with Crippen LogP contribution < -0.4 is 5.73 Å². The van der Waals surface area contributed by atoms with Crippen LogP contribution in [0.1, 0.15) is 14.3 Å². The van der Waals surface area contributed by atoms with Crippen molar-refractivity contribution >= 4 is 69.6 Å². The average Bonchev–Trinajstić information content (AvgIpc) is 2.40. The fraction of sp³-hybridized carbons (Fsp3) is 0.417. The van der Waals surface area contributed by atoms with Crippen LogP contribution in [0.15, 0.2) is 30.3 Å². The molecule has 0 spiro atoms. The van der Waals surface area contributed by atoms with Crippen molar-refractivity contribution in [2.24, 2.45) is 5.73 Å². The first-order valence-electron chi connectivity index (χ1n) is 6.05. The molecule has 19 heavy (non-hydrogen) atoms. The van der Waals surface area contributed by atoms with Crippen LogP contribution in [0, 0.1) is 0 Å². The van der Waals surface area contributed by atoms with E-state index in [1.54, 1.807) is 14.1 Å². The normalized spacial score (nSPS) is 11.7. The SMILES string of the molecule is CN(C)C(=O)C(N)Cc1ccccc1.II(I)I.[2H]C. The smallest absolute Gasteiger partial charge is 0.0194 e. The third-order valence-electron chi connectivity index (χ3n) is 2.06. The van der Waals surface area contributed by atoms with Gasteiger partial charge in [-0.2, -0.15) is 0 Å². The van der Waals surface area contributed by atoms with Crippen LogP contribution in [0.25, 0.3) is 0 Å². The minimum atomic E-state index is -0.438. The van der Waals surface area contributed by atoms with Gasteiger partial charge in [0.05, 0.1) is 6.04 Å². The van der Waals surface area contributed by atoms with Gasteiger partial charge in [-0.05, 0) is 12.0 Å². The number of hydrogen-bond acceptors (Lipinski definition) is 2. The van der Waals surface area contributed by atoms with Crippen molar-refractivity contribution < 1.29 is 6.17 Å². The number of benzene rings is 1. The summed E-state index contributed by atoms with van der Waals surface area (Å²) in [5.74, 6) is -0.0335. The number of nitrogens with two attached hydrogens (primary N) is 1. The summed E-state index contributed by atoms with van der Waals surface area (Å²) < 4.78 is 5.75. The second-order valence-electron chi connectivity index (χ2n) is 3.69. The van der Waals surface area contributed by atoms with Gasteiger partial charge >= 0.3 is 63.7 Å². The Kier molecular flexibility index (Phi) is 14.3. The van der Waals surface area contributed by atoms with Gasteiger partial charge in [0.2, 0.25) is 5.91 Å². The van der Waals surface area contributed by atoms with E-state index in [9.17, 15) is 4.79 Å². The van der Waals surface area contributed by atoms with Crippen molar-refractivity contribution in [3.8, 4) is 0 Å². The third-order valence-corrected chi connectivity index (χ3v) is 2.06. The van der Waals surface area contributed by atoms with Crippen molar-refractivity contribution in [1.82, 2.24) is 4.90 Å². The van der Waals surface area contributed by atoms with E-state index in [2.05, 4.69) is 55.8 Å². The first-order chi connectivity index (χ1) is 9.34. The maximum Gasteiger partial charge on any atom is 0.0194 e. The van der Waals surface area contributed by atoms with Gasteiger partial charge in [-0.1, -0.05) is 37.7 Å². The largest absolute Gasteiger partial charge is 0.0776 e. The number of hydrogen-bond donors (Lipinski definition) is 1. The molecule has 1 amide bonds. The van der Waals surface area contributed by atoms with Gasteiger partial charge in [0, 0.05) is 15.5 Å². The molecule has 0 saturated carbocycles. The molecule has 1 rings (SSSR count). The minimum Gasteiger partial charge on any atom is -0.0776 e. The van der Waals surface area contributed by atoms with Gasteiger partial charge in [-0.15, -0.1) is 0 Å². The van der Waals surface area contributed by atoms with Crippen molar-refractivity contribution in [2.45, 2.75) is 19.9 Å². The first-order valence-corrected chi connectivity index (χ1v) is 23.9. The summed E-state index contributed by atoms with van der Waals surface area (Å²) >= 11 is 7.42. The number of halogens is 4. The number of carbonyl (C=O) groups is 1. The van der Waals surface area contributed by atoms with Gasteiger partial charge in [0.15, 0.2) is 0 Å². The molecule has 112 valence electrons. The molecule has 0 aromatic heterocycles. The zero-order valence-corrected chi connectivity index (χ0v) is 19.7. The maximum absolute atomic E-state index is 11.4. The van der Waals surface area contributed by atoms with E-state index in [1.165, 1.54) is 12.3 Å². The molecule has 1 unspecified atom stereocenters. The summed E-state index contributed by atoms with van der Waals surface area (Å²) in [6.45, 7) is 0. The zero-order valence-electron chi connectivity index (χ0n) is 12.1. The molecule has 7 heteroatoms. The Labute approximate surface area is 154 Å². The molecule has 3 nitrogen and oxygen atoms in total. The zero-order chi connectivity index (χ0) is 16.1. The van der Waals surface area contributed by atoms with E-state index >= 15 is 0 Å². The molecule has 1 aromatic carbocycles. The van der Waals surface area contributed by atoms with Crippen LogP contribution in [0.5, 0.6) is 0 Å². The molecule has 0 bridgehead atoms. The predicted molar refractivity (Wildman–Crippen MR) is 120 cm³/mol. The van der Waals surface area contributed by atoms with Crippen molar-refractivity contribution in [3.63, 3.8) is 0 Å². The van der Waals surface area contributed by atoms with Crippen molar-refractivity contribution in [3.05, 3.63) is 35.9 Å².